The Bertz CT molecular complexity index is 381. The quantitative estimate of drug-likeness (QED) is 0.770. The van der Waals surface area contributed by atoms with Gasteiger partial charge in [0.25, 0.3) is 0 Å². The highest BCUT2D eigenvalue weighted by molar-refractivity contribution is 5.88. The number of aromatic nitrogens is 3. The third-order valence-electron chi connectivity index (χ3n) is 2.14. The van der Waals surface area contributed by atoms with Crippen LogP contribution in [0.4, 0.5) is 0 Å². The van der Waals surface area contributed by atoms with E-state index in [9.17, 15) is 4.79 Å². The molecule has 1 rings (SSSR count). The van der Waals surface area contributed by atoms with Crippen molar-refractivity contribution in [3.63, 3.8) is 0 Å². The van der Waals surface area contributed by atoms with Crippen LogP contribution in [-0.2, 0) is 4.74 Å². The predicted molar refractivity (Wildman–Crippen MR) is 63.9 cm³/mol. The van der Waals surface area contributed by atoms with Gasteiger partial charge in [-0.2, -0.15) is 10.3 Å². The van der Waals surface area contributed by atoms with Gasteiger partial charge in [-0.3, -0.25) is 0 Å². The predicted octanol–water partition coefficient (Wildman–Crippen LogP) is 1.08. The van der Waals surface area contributed by atoms with Crippen LogP contribution in [0.5, 0.6) is 0 Å². The molecule has 1 aromatic heterocycles. The number of aromatic amines is 1. The van der Waals surface area contributed by atoms with Gasteiger partial charge in [0.05, 0.1) is 0 Å². The maximum Gasteiger partial charge on any atom is 0.361 e. The Kier molecular flexibility index (Phi) is 4.22. The monoisotopic (exact) mass is 240 g/mol. The molecule has 0 saturated heterocycles. The van der Waals surface area contributed by atoms with Crippen molar-refractivity contribution in [2.45, 2.75) is 39.2 Å². The summed E-state index contributed by atoms with van der Waals surface area (Å²) in [6.45, 7) is 8.16. The van der Waals surface area contributed by atoms with Crippen molar-refractivity contribution < 1.29 is 9.53 Å². The van der Waals surface area contributed by atoms with E-state index in [1.54, 1.807) is 0 Å². The lowest BCUT2D eigenvalue weighted by atomic mass is 10.1. The average Bonchev–Trinajstić information content (AvgIpc) is 2.63. The lowest BCUT2D eigenvalue weighted by Gasteiger charge is -2.19. The molecule has 0 bridgehead atoms. The molecule has 6 nitrogen and oxygen atoms in total. The topological polar surface area (TPSA) is 79.9 Å². The number of H-pyrrole nitrogens is 1. The van der Waals surface area contributed by atoms with Crippen molar-refractivity contribution in [3.8, 4) is 0 Å². The molecule has 0 aliphatic rings. The van der Waals surface area contributed by atoms with Gasteiger partial charge in [0.2, 0.25) is 0 Å². The molecule has 0 aliphatic carbocycles. The number of carbonyl (C=O) groups is 1. The van der Waals surface area contributed by atoms with Crippen molar-refractivity contribution in [1.29, 1.82) is 0 Å². The lowest BCUT2D eigenvalue weighted by Crippen LogP contribution is -2.25. The maximum atomic E-state index is 11.9. The van der Waals surface area contributed by atoms with Crippen LogP contribution in [0.25, 0.3) is 0 Å². The highest BCUT2D eigenvalue weighted by atomic mass is 16.6. The summed E-state index contributed by atoms with van der Waals surface area (Å²) in [5.41, 5.74) is 0.371. The van der Waals surface area contributed by atoms with Gasteiger partial charge in [0, 0.05) is 12.5 Å². The molecule has 0 amide bonds. The van der Waals surface area contributed by atoms with E-state index in [0.29, 0.717) is 5.69 Å². The van der Waals surface area contributed by atoms with Crippen LogP contribution in [0.3, 0.4) is 0 Å². The van der Waals surface area contributed by atoms with E-state index >= 15 is 0 Å². The van der Waals surface area contributed by atoms with E-state index in [2.05, 4.69) is 20.7 Å². The summed E-state index contributed by atoms with van der Waals surface area (Å²) in [7, 11) is 1.85. The second-order valence-corrected chi connectivity index (χ2v) is 5.02. The third kappa shape index (κ3) is 3.81. The van der Waals surface area contributed by atoms with Crippen LogP contribution >= 0.6 is 0 Å². The van der Waals surface area contributed by atoms with Crippen molar-refractivity contribution >= 4 is 5.97 Å². The largest absolute Gasteiger partial charge is 0.455 e. The molecule has 6 heteroatoms. The number of hydrogen-bond acceptors (Lipinski definition) is 5. The number of esters is 1. The van der Waals surface area contributed by atoms with Gasteiger partial charge in [-0.25, -0.2) is 4.79 Å². The summed E-state index contributed by atoms with van der Waals surface area (Å²) in [6.07, 6.45) is 0. The number of hydrogen-bond donors (Lipinski definition) is 2. The Labute approximate surface area is 101 Å². The molecule has 1 unspecified atom stereocenters. The van der Waals surface area contributed by atoms with Gasteiger partial charge in [-0.05, 0) is 27.8 Å². The Morgan fingerprint density at radius 2 is 2.12 bits per heavy atom. The number of likely N-dealkylation sites (N-methyl/N-ethyl adjacent to an activating group) is 1. The molecule has 1 aromatic rings. The summed E-state index contributed by atoms with van der Waals surface area (Å²) >= 11 is 0. The number of nitrogens with zero attached hydrogens (tertiary/aromatic N) is 2. The summed E-state index contributed by atoms with van der Waals surface area (Å²) in [6, 6.07) is 0. The second kappa shape index (κ2) is 5.27. The van der Waals surface area contributed by atoms with E-state index in [1.165, 1.54) is 0 Å². The van der Waals surface area contributed by atoms with E-state index < -0.39 is 11.6 Å². The zero-order chi connectivity index (χ0) is 13.1. The molecule has 0 spiro atoms. The molecule has 17 heavy (non-hydrogen) atoms. The molecule has 0 aliphatic heterocycles. The smallest absolute Gasteiger partial charge is 0.361 e. The van der Waals surface area contributed by atoms with Gasteiger partial charge in [0.15, 0.2) is 5.69 Å². The summed E-state index contributed by atoms with van der Waals surface area (Å²) < 4.78 is 5.27. The number of rotatable bonds is 4. The molecule has 0 radical (unpaired) electrons. The van der Waals surface area contributed by atoms with Crippen LogP contribution < -0.4 is 5.32 Å². The van der Waals surface area contributed by atoms with Crippen molar-refractivity contribution in [3.05, 3.63) is 11.4 Å². The number of nitrogens with one attached hydrogen (secondary N) is 2. The van der Waals surface area contributed by atoms with Crippen molar-refractivity contribution in [1.82, 2.24) is 20.7 Å². The van der Waals surface area contributed by atoms with E-state index in [1.807, 2.05) is 34.7 Å². The van der Waals surface area contributed by atoms with Gasteiger partial charge >= 0.3 is 5.97 Å². The van der Waals surface area contributed by atoms with Gasteiger partial charge in [-0.1, -0.05) is 6.92 Å². The second-order valence-electron chi connectivity index (χ2n) is 5.02. The van der Waals surface area contributed by atoms with E-state index in [-0.39, 0.29) is 11.6 Å². The Balaban J connectivity index is 2.85. The minimum atomic E-state index is -0.528. The third-order valence-corrected chi connectivity index (χ3v) is 2.14. The first-order valence-electron chi connectivity index (χ1n) is 5.63. The van der Waals surface area contributed by atoms with E-state index in [4.69, 9.17) is 4.74 Å². The number of ether oxygens (including phenoxy) is 1. The van der Waals surface area contributed by atoms with Crippen molar-refractivity contribution in [2.75, 3.05) is 13.6 Å². The van der Waals surface area contributed by atoms with Crippen LogP contribution in [0.15, 0.2) is 0 Å². The molecule has 0 saturated carbocycles. The fraction of sp³-hybridized carbons (Fsp3) is 0.727. The maximum absolute atomic E-state index is 11.9. The first-order valence-corrected chi connectivity index (χ1v) is 5.63. The molecule has 1 atom stereocenters. The Morgan fingerprint density at radius 3 is 2.65 bits per heavy atom. The zero-order valence-electron chi connectivity index (χ0n) is 11.0. The fourth-order valence-electron chi connectivity index (χ4n) is 1.46. The molecular weight excluding hydrogens is 220 g/mol. The van der Waals surface area contributed by atoms with E-state index in [0.717, 1.165) is 6.54 Å². The number of carbonyl (C=O) groups excluding carboxylic acids is 1. The SMILES string of the molecule is CNCC(C)c1n[nH]nc1C(=O)OC(C)(C)C. The van der Waals surface area contributed by atoms with Crippen LogP contribution in [0.1, 0.15) is 49.8 Å². The molecule has 1 heterocycles. The van der Waals surface area contributed by atoms with Gasteiger partial charge in [0.1, 0.15) is 11.3 Å². The minimum absolute atomic E-state index is 0.0984. The fourth-order valence-corrected chi connectivity index (χ4v) is 1.46. The van der Waals surface area contributed by atoms with Gasteiger partial charge < -0.3 is 10.1 Å². The Hall–Kier alpha value is -1.43. The van der Waals surface area contributed by atoms with Crippen LogP contribution in [0.2, 0.25) is 0 Å². The summed E-state index contributed by atoms with van der Waals surface area (Å²) in [5.74, 6) is -0.342. The molecule has 2 N–H and O–H groups in total. The van der Waals surface area contributed by atoms with Crippen LogP contribution in [-0.4, -0.2) is 40.6 Å². The standard InChI is InChI=1S/C11H20N4O2/c1-7(6-12-5)8-9(14-15-13-8)10(16)17-11(2,3)4/h7,12H,6H2,1-5H3,(H,13,14,15). The molecular formula is C11H20N4O2. The lowest BCUT2D eigenvalue weighted by molar-refractivity contribution is 0.00611. The first-order chi connectivity index (χ1) is 7.85. The minimum Gasteiger partial charge on any atom is -0.455 e. The summed E-state index contributed by atoms with van der Waals surface area (Å²) in [4.78, 5) is 11.9. The zero-order valence-corrected chi connectivity index (χ0v) is 11.0. The summed E-state index contributed by atoms with van der Waals surface area (Å²) in [5, 5.41) is 13.4. The molecule has 0 fully saturated rings. The first kappa shape index (κ1) is 13.6. The Morgan fingerprint density at radius 1 is 1.47 bits per heavy atom. The highest BCUT2D eigenvalue weighted by Gasteiger charge is 2.25. The molecule has 96 valence electrons. The van der Waals surface area contributed by atoms with Gasteiger partial charge in [-0.15, -0.1) is 5.10 Å². The molecule has 0 aromatic carbocycles. The van der Waals surface area contributed by atoms with Crippen molar-refractivity contribution in [2.24, 2.45) is 0 Å². The average molecular weight is 240 g/mol. The van der Waals surface area contributed by atoms with Crippen LogP contribution in [0, 0.1) is 0 Å². The normalized spacial score (nSPS) is 13.5. The highest BCUT2D eigenvalue weighted by Crippen LogP contribution is 2.18.